The highest BCUT2D eigenvalue weighted by Crippen LogP contribution is 2.41. The zero-order valence-corrected chi connectivity index (χ0v) is 19.2. The van der Waals surface area contributed by atoms with Gasteiger partial charge in [-0.2, -0.15) is 0 Å². The Morgan fingerprint density at radius 1 is 0.771 bits per heavy atom. The zero-order chi connectivity index (χ0) is 25.4. The minimum Gasteiger partial charge on any atom is -0.355 e. The lowest BCUT2D eigenvalue weighted by molar-refractivity contribution is 0.441. The van der Waals surface area contributed by atoms with Crippen molar-refractivity contribution >= 4 is 16.9 Å². The Bertz CT molecular complexity index is 1400. The summed E-state index contributed by atoms with van der Waals surface area (Å²) in [7, 11) is 0. The number of aryl methyl sites for hydroxylation is 2. The molecule has 4 rings (SSSR count). The van der Waals surface area contributed by atoms with Gasteiger partial charge in [-0.05, 0) is 80.8 Å². The fourth-order valence-electron chi connectivity index (χ4n) is 4.06. The van der Waals surface area contributed by atoms with Crippen LogP contribution in [0.2, 0.25) is 0 Å². The molecule has 1 N–H and O–H groups in total. The minimum atomic E-state index is -1.57. The van der Waals surface area contributed by atoms with Gasteiger partial charge in [0.05, 0.1) is 5.56 Å². The molecule has 0 spiro atoms. The maximum Gasteiger partial charge on any atom is 0.170 e. The summed E-state index contributed by atoms with van der Waals surface area (Å²) in [5.41, 5.74) is 0.505. The Morgan fingerprint density at radius 3 is 2.06 bits per heavy atom. The SMILES string of the molecule is Cc1ccc(Nc2ccc(F)cc2C)c(/C(=C2/C=C(F)C=CC2)c2c(F)c(F)c(C)c(F)c2F)c1. The molecule has 0 unspecified atom stereocenters. The van der Waals surface area contributed by atoms with Crippen LogP contribution >= 0.6 is 0 Å². The summed E-state index contributed by atoms with van der Waals surface area (Å²) in [6, 6.07) is 9.00. The molecule has 0 amide bonds. The van der Waals surface area contributed by atoms with Crippen molar-refractivity contribution < 1.29 is 26.3 Å². The lowest BCUT2D eigenvalue weighted by Gasteiger charge is -2.22. The molecule has 1 nitrogen and oxygen atoms in total. The molecule has 7 heteroatoms. The molecule has 0 saturated carbocycles. The summed E-state index contributed by atoms with van der Waals surface area (Å²) in [6.45, 7) is 4.35. The predicted octanol–water partition coefficient (Wildman–Crippen LogP) is 8.67. The lowest BCUT2D eigenvalue weighted by atomic mass is 9.87. The molecule has 0 radical (unpaired) electrons. The first-order valence-corrected chi connectivity index (χ1v) is 10.8. The third-order valence-electron chi connectivity index (χ3n) is 5.88. The van der Waals surface area contributed by atoms with E-state index in [1.54, 1.807) is 32.0 Å². The van der Waals surface area contributed by atoms with E-state index >= 15 is 8.78 Å². The van der Waals surface area contributed by atoms with Gasteiger partial charge in [0.2, 0.25) is 0 Å². The number of rotatable bonds is 4. The number of anilines is 2. The Kier molecular flexibility index (Phi) is 6.61. The summed E-state index contributed by atoms with van der Waals surface area (Å²) < 4.78 is 87.5. The summed E-state index contributed by atoms with van der Waals surface area (Å²) in [5.74, 6) is -7.30. The van der Waals surface area contributed by atoms with Crippen molar-refractivity contribution in [2.24, 2.45) is 0 Å². The van der Waals surface area contributed by atoms with Gasteiger partial charge in [-0.15, -0.1) is 0 Å². The molecule has 0 bridgehead atoms. The number of halogens is 6. The molecule has 0 atom stereocenters. The molecule has 1 aliphatic rings. The predicted molar refractivity (Wildman–Crippen MR) is 126 cm³/mol. The first kappa shape index (κ1) is 24.4. The van der Waals surface area contributed by atoms with E-state index in [0.717, 1.165) is 13.0 Å². The first-order valence-electron chi connectivity index (χ1n) is 10.8. The van der Waals surface area contributed by atoms with E-state index in [1.165, 1.54) is 30.4 Å². The smallest absolute Gasteiger partial charge is 0.170 e. The molecular weight excluding hydrogens is 464 g/mol. The highest BCUT2D eigenvalue weighted by atomic mass is 19.2. The van der Waals surface area contributed by atoms with Crippen molar-refractivity contribution in [1.29, 1.82) is 0 Å². The van der Waals surface area contributed by atoms with Crippen molar-refractivity contribution in [3.05, 3.63) is 123 Å². The van der Waals surface area contributed by atoms with E-state index in [-0.39, 0.29) is 23.1 Å². The molecule has 0 aromatic heterocycles. The van der Waals surface area contributed by atoms with E-state index in [9.17, 15) is 17.6 Å². The van der Waals surface area contributed by atoms with Gasteiger partial charge in [-0.3, -0.25) is 0 Å². The molecule has 3 aromatic rings. The average Bonchev–Trinajstić information content (AvgIpc) is 2.82. The third-order valence-corrected chi connectivity index (χ3v) is 5.88. The van der Waals surface area contributed by atoms with E-state index in [4.69, 9.17) is 0 Å². The monoisotopic (exact) mass is 485 g/mol. The molecular formula is C28H21F6N. The number of benzene rings is 3. The number of allylic oxidation sites excluding steroid dienone is 5. The molecule has 0 heterocycles. The molecule has 0 saturated heterocycles. The minimum absolute atomic E-state index is 0.0711. The summed E-state index contributed by atoms with van der Waals surface area (Å²) in [4.78, 5) is 0. The van der Waals surface area contributed by atoms with Crippen LogP contribution in [0.5, 0.6) is 0 Å². The van der Waals surface area contributed by atoms with Crippen LogP contribution in [0.1, 0.15) is 34.2 Å². The molecule has 0 fully saturated rings. The quantitative estimate of drug-likeness (QED) is 0.288. The fraction of sp³-hybridized carbons (Fsp3) is 0.143. The van der Waals surface area contributed by atoms with Gasteiger partial charge in [0, 0.05) is 28.1 Å². The van der Waals surface area contributed by atoms with Gasteiger partial charge < -0.3 is 5.32 Å². The van der Waals surface area contributed by atoms with Gasteiger partial charge in [0.15, 0.2) is 23.3 Å². The van der Waals surface area contributed by atoms with Crippen LogP contribution in [-0.2, 0) is 0 Å². The highest BCUT2D eigenvalue weighted by molar-refractivity contribution is 5.91. The number of hydrogen-bond donors (Lipinski definition) is 1. The van der Waals surface area contributed by atoms with Crippen molar-refractivity contribution in [3.8, 4) is 0 Å². The fourth-order valence-corrected chi connectivity index (χ4v) is 4.06. The zero-order valence-electron chi connectivity index (χ0n) is 19.2. The number of hydrogen-bond acceptors (Lipinski definition) is 1. The van der Waals surface area contributed by atoms with Crippen molar-refractivity contribution in [3.63, 3.8) is 0 Å². The average molecular weight is 485 g/mol. The van der Waals surface area contributed by atoms with Crippen LogP contribution < -0.4 is 5.32 Å². The van der Waals surface area contributed by atoms with Gasteiger partial charge in [-0.1, -0.05) is 17.7 Å². The third kappa shape index (κ3) is 4.63. The van der Waals surface area contributed by atoms with Gasteiger partial charge in [0.25, 0.3) is 0 Å². The van der Waals surface area contributed by atoms with Crippen LogP contribution in [0, 0.1) is 49.9 Å². The maximum absolute atomic E-state index is 15.2. The van der Waals surface area contributed by atoms with Crippen LogP contribution in [0.15, 0.2) is 66.0 Å². The van der Waals surface area contributed by atoms with E-state index in [2.05, 4.69) is 5.32 Å². The van der Waals surface area contributed by atoms with Crippen molar-refractivity contribution in [2.45, 2.75) is 27.2 Å². The van der Waals surface area contributed by atoms with Crippen molar-refractivity contribution in [2.75, 3.05) is 5.32 Å². The summed E-state index contributed by atoms with van der Waals surface area (Å²) in [6.07, 6.45) is 3.80. The van der Waals surface area contributed by atoms with Gasteiger partial charge in [-0.25, -0.2) is 26.3 Å². The molecule has 35 heavy (non-hydrogen) atoms. The Labute approximate surface area is 199 Å². The van der Waals surface area contributed by atoms with Crippen molar-refractivity contribution in [1.82, 2.24) is 0 Å². The first-order chi connectivity index (χ1) is 16.6. The number of nitrogens with one attached hydrogen (secondary N) is 1. The van der Waals surface area contributed by atoms with Gasteiger partial charge >= 0.3 is 0 Å². The molecule has 1 aliphatic carbocycles. The molecule has 3 aromatic carbocycles. The second-order valence-electron chi connectivity index (χ2n) is 8.43. The van der Waals surface area contributed by atoms with E-state index in [1.807, 2.05) is 0 Å². The topological polar surface area (TPSA) is 12.0 Å². The second-order valence-corrected chi connectivity index (χ2v) is 8.43. The highest BCUT2D eigenvalue weighted by Gasteiger charge is 2.29. The van der Waals surface area contributed by atoms with Crippen LogP contribution in [0.3, 0.4) is 0 Å². The summed E-state index contributed by atoms with van der Waals surface area (Å²) in [5, 5.41) is 3.11. The van der Waals surface area contributed by atoms with E-state index in [0.29, 0.717) is 22.5 Å². The largest absolute Gasteiger partial charge is 0.355 e. The van der Waals surface area contributed by atoms with Crippen LogP contribution in [-0.4, -0.2) is 0 Å². The Hall–Kier alpha value is -3.74. The molecule has 0 aliphatic heterocycles. The normalized spacial score (nSPS) is 14.7. The van der Waals surface area contributed by atoms with E-state index < -0.39 is 46.0 Å². The van der Waals surface area contributed by atoms with Gasteiger partial charge in [0.1, 0.15) is 11.6 Å². The lowest BCUT2D eigenvalue weighted by Crippen LogP contribution is -2.10. The maximum atomic E-state index is 15.2. The Morgan fingerprint density at radius 2 is 1.43 bits per heavy atom. The van der Waals surface area contributed by atoms with Crippen LogP contribution in [0.4, 0.5) is 37.7 Å². The summed E-state index contributed by atoms with van der Waals surface area (Å²) >= 11 is 0. The standard InChI is InChI=1S/C28H21F6N/c1-14-7-9-22(35-21-10-8-19(30)12-15(21)2)20(11-14)23(17-5-4-6-18(29)13-17)24-27(33)25(31)16(3)26(32)28(24)34/h4,6-13,35H,5H2,1-3H3/b23-17-. The second kappa shape index (κ2) is 9.49. The Balaban J connectivity index is 2.05. The molecule has 180 valence electrons. The van der Waals surface area contributed by atoms with Crippen LogP contribution in [0.25, 0.3) is 5.57 Å².